The fourth-order valence-electron chi connectivity index (χ4n) is 2.56. The molecule has 0 aromatic carbocycles. The Hall–Kier alpha value is -1.48. The van der Waals surface area contributed by atoms with Crippen LogP contribution in [0.3, 0.4) is 0 Å². The summed E-state index contributed by atoms with van der Waals surface area (Å²) in [5, 5.41) is 8.81. The van der Waals surface area contributed by atoms with E-state index in [1.807, 2.05) is 26.4 Å². The van der Waals surface area contributed by atoms with Crippen LogP contribution in [0.15, 0.2) is 0 Å². The molecule has 1 fully saturated rings. The number of nitrogens with two attached hydrogens (primary N) is 1. The zero-order chi connectivity index (χ0) is 18.9. The second kappa shape index (κ2) is 11.1. The SMILES string of the molecule is CC(C)C(C(N)=O)N(C)C(=O)N1CCN(C(=O)CO)CC1.CSC. The number of urea groups is 1. The fourth-order valence-corrected chi connectivity index (χ4v) is 2.56. The number of carbonyl (C=O) groups is 3. The quantitative estimate of drug-likeness (QED) is 0.712. The summed E-state index contributed by atoms with van der Waals surface area (Å²) < 4.78 is 0. The molecule has 1 unspecified atom stereocenters. The first-order valence-corrected chi connectivity index (χ1v) is 9.44. The van der Waals surface area contributed by atoms with Gasteiger partial charge in [0.05, 0.1) is 0 Å². The summed E-state index contributed by atoms with van der Waals surface area (Å²) in [6.07, 6.45) is 4.08. The highest BCUT2D eigenvalue weighted by Crippen LogP contribution is 2.13. The first-order valence-electron chi connectivity index (χ1n) is 7.81. The summed E-state index contributed by atoms with van der Waals surface area (Å²) in [5.41, 5.74) is 5.35. The molecule has 4 amide bonds. The summed E-state index contributed by atoms with van der Waals surface area (Å²) in [5.74, 6) is -0.948. The van der Waals surface area contributed by atoms with Crippen LogP contribution in [0.25, 0.3) is 0 Å². The van der Waals surface area contributed by atoms with E-state index >= 15 is 0 Å². The van der Waals surface area contributed by atoms with Gasteiger partial charge in [0.1, 0.15) is 12.6 Å². The van der Waals surface area contributed by atoms with Crippen LogP contribution in [-0.4, -0.2) is 96.0 Å². The lowest BCUT2D eigenvalue weighted by atomic mass is 10.0. The van der Waals surface area contributed by atoms with Gasteiger partial charge in [-0.3, -0.25) is 9.59 Å². The van der Waals surface area contributed by atoms with Crippen molar-refractivity contribution < 1.29 is 19.5 Å². The number of likely N-dealkylation sites (N-methyl/N-ethyl adjacent to an activating group) is 1. The number of piperazine rings is 1. The Morgan fingerprint density at radius 2 is 1.54 bits per heavy atom. The highest BCUT2D eigenvalue weighted by Gasteiger charge is 2.32. The van der Waals surface area contributed by atoms with Crippen LogP contribution in [0.1, 0.15) is 13.8 Å². The molecule has 0 radical (unpaired) electrons. The molecule has 1 rings (SSSR count). The molecule has 1 aliphatic rings. The molecule has 1 atom stereocenters. The van der Waals surface area contributed by atoms with Gasteiger partial charge in [-0.2, -0.15) is 11.8 Å². The standard InChI is InChI=1S/C13H24N4O4.C2H6S/c1-9(2)11(12(14)20)15(3)13(21)17-6-4-16(5-7-17)10(19)8-18;1-3-2/h9,11,18H,4-8H2,1-3H3,(H2,14,20);1-2H3. The molecule has 9 heteroatoms. The number of carbonyl (C=O) groups excluding carboxylic acids is 3. The number of amides is 4. The number of aliphatic hydroxyl groups excluding tert-OH is 1. The number of hydrogen-bond acceptors (Lipinski definition) is 5. The van der Waals surface area contributed by atoms with E-state index in [-0.39, 0.29) is 17.9 Å². The van der Waals surface area contributed by atoms with Crippen molar-refractivity contribution >= 4 is 29.6 Å². The van der Waals surface area contributed by atoms with E-state index in [9.17, 15) is 14.4 Å². The number of rotatable bonds is 4. The molecule has 0 aromatic heterocycles. The van der Waals surface area contributed by atoms with E-state index in [1.54, 1.807) is 23.7 Å². The Bertz CT molecular complexity index is 426. The Morgan fingerprint density at radius 1 is 1.12 bits per heavy atom. The molecule has 3 N–H and O–H groups in total. The highest BCUT2D eigenvalue weighted by molar-refractivity contribution is 7.97. The van der Waals surface area contributed by atoms with Crippen molar-refractivity contribution in [2.75, 3.05) is 52.3 Å². The van der Waals surface area contributed by atoms with Gasteiger partial charge in [-0.1, -0.05) is 13.8 Å². The Labute approximate surface area is 148 Å². The van der Waals surface area contributed by atoms with Crippen molar-refractivity contribution in [3.8, 4) is 0 Å². The van der Waals surface area contributed by atoms with Crippen LogP contribution in [0.5, 0.6) is 0 Å². The molecule has 1 saturated heterocycles. The topological polar surface area (TPSA) is 107 Å². The number of hydrogen-bond donors (Lipinski definition) is 2. The van der Waals surface area contributed by atoms with Gasteiger partial charge < -0.3 is 25.5 Å². The van der Waals surface area contributed by atoms with Crippen molar-refractivity contribution in [3.05, 3.63) is 0 Å². The van der Waals surface area contributed by atoms with E-state index < -0.39 is 18.6 Å². The second-order valence-corrected chi connectivity index (χ2v) is 6.74. The highest BCUT2D eigenvalue weighted by atomic mass is 32.2. The maximum Gasteiger partial charge on any atom is 0.320 e. The van der Waals surface area contributed by atoms with E-state index in [1.165, 1.54) is 9.80 Å². The van der Waals surface area contributed by atoms with Crippen molar-refractivity contribution in [1.29, 1.82) is 0 Å². The van der Waals surface area contributed by atoms with Crippen LogP contribution in [-0.2, 0) is 9.59 Å². The number of nitrogens with zero attached hydrogens (tertiary/aromatic N) is 3. The van der Waals surface area contributed by atoms with Crippen molar-refractivity contribution in [1.82, 2.24) is 14.7 Å². The fraction of sp³-hybridized carbons (Fsp3) is 0.800. The number of thioether (sulfide) groups is 1. The first kappa shape index (κ1) is 22.5. The van der Waals surface area contributed by atoms with E-state index in [0.29, 0.717) is 26.2 Å². The van der Waals surface area contributed by atoms with Crippen molar-refractivity contribution in [2.45, 2.75) is 19.9 Å². The van der Waals surface area contributed by atoms with Crippen molar-refractivity contribution in [3.63, 3.8) is 0 Å². The van der Waals surface area contributed by atoms with Crippen LogP contribution in [0, 0.1) is 5.92 Å². The lowest BCUT2D eigenvalue weighted by Gasteiger charge is -2.38. The predicted octanol–water partition coefficient (Wildman–Crippen LogP) is -0.336. The van der Waals surface area contributed by atoms with E-state index in [4.69, 9.17) is 10.8 Å². The molecular formula is C15H30N4O4S. The molecule has 0 aromatic rings. The smallest absolute Gasteiger partial charge is 0.320 e. The summed E-state index contributed by atoms with van der Waals surface area (Å²) in [6, 6.07) is -0.932. The molecule has 0 spiro atoms. The van der Waals surface area contributed by atoms with Gasteiger partial charge in [0.25, 0.3) is 0 Å². The average Bonchev–Trinajstić information content (AvgIpc) is 2.53. The molecule has 0 bridgehead atoms. The molecule has 1 heterocycles. The molecule has 8 nitrogen and oxygen atoms in total. The third-order valence-electron chi connectivity index (χ3n) is 3.68. The minimum atomic E-state index is -0.658. The normalized spacial score (nSPS) is 15.5. The molecule has 1 aliphatic heterocycles. The number of primary amides is 1. The van der Waals surface area contributed by atoms with Gasteiger partial charge >= 0.3 is 6.03 Å². The van der Waals surface area contributed by atoms with E-state index in [2.05, 4.69) is 0 Å². The van der Waals surface area contributed by atoms with Gasteiger partial charge in [0.15, 0.2) is 0 Å². The van der Waals surface area contributed by atoms with Gasteiger partial charge in [0, 0.05) is 33.2 Å². The largest absolute Gasteiger partial charge is 0.387 e. The van der Waals surface area contributed by atoms with Gasteiger partial charge in [-0.25, -0.2) is 4.79 Å². The summed E-state index contributed by atoms with van der Waals surface area (Å²) in [7, 11) is 1.56. The monoisotopic (exact) mass is 362 g/mol. The van der Waals surface area contributed by atoms with Gasteiger partial charge in [-0.15, -0.1) is 0 Å². The molecule has 0 saturated carbocycles. The Morgan fingerprint density at radius 3 is 1.88 bits per heavy atom. The maximum absolute atomic E-state index is 12.4. The zero-order valence-corrected chi connectivity index (χ0v) is 16.0. The third kappa shape index (κ3) is 6.56. The van der Waals surface area contributed by atoms with Gasteiger partial charge in [-0.05, 0) is 18.4 Å². The van der Waals surface area contributed by atoms with Gasteiger partial charge in [0.2, 0.25) is 11.8 Å². The molecular weight excluding hydrogens is 332 g/mol. The first-order chi connectivity index (χ1) is 11.2. The molecule has 0 aliphatic carbocycles. The maximum atomic E-state index is 12.4. The van der Waals surface area contributed by atoms with Crippen LogP contribution in [0.2, 0.25) is 0 Å². The minimum absolute atomic E-state index is 0.0753. The lowest BCUT2D eigenvalue weighted by Crippen LogP contribution is -2.57. The predicted molar refractivity (Wildman–Crippen MR) is 95.7 cm³/mol. The summed E-state index contributed by atoms with van der Waals surface area (Å²) in [4.78, 5) is 39.7. The van der Waals surface area contributed by atoms with Crippen LogP contribution in [0.4, 0.5) is 4.79 Å². The molecule has 140 valence electrons. The second-order valence-electron chi connectivity index (χ2n) is 5.92. The van der Waals surface area contributed by atoms with Crippen LogP contribution < -0.4 is 5.73 Å². The third-order valence-corrected chi connectivity index (χ3v) is 3.68. The molecule has 24 heavy (non-hydrogen) atoms. The Balaban J connectivity index is 0.00000163. The van der Waals surface area contributed by atoms with Crippen molar-refractivity contribution in [2.24, 2.45) is 11.7 Å². The van der Waals surface area contributed by atoms with Crippen LogP contribution >= 0.6 is 11.8 Å². The summed E-state index contributed by atoms with van der Waals surface area (Å²) in [6.45, 7) is 4.64. The average molecular weight is 362 g/mol. The summed E-state index contributed by atoms with van der Waals surface area (Å²) >= 11 is 1.75. The number of aliphatic hydroxyl groups is 1. The Kier molecular flexibility index (Phi) is 10.5. The minimum Gasteiger partial charge on any atom is -0.387 e. The van der Waals surface area contributed by atoms with E-state index in [0.717, 1.165) is 0 Å². The lowest BCUT2D eigenvalue weighted by molar-refractivity contribution is -0.135. The zero-order valence-electron chi connectivity index (χ0n) is 15.2.